The second kappa shape index (κ2) is 4.33. The topological polar surface area (TPSA) is 58.4 Å². The van der Waals surface area contributed by atoms with Gasteiger partial charge in [-0.1, -0.05) is 0 Å². The summed E-state index contributed by atoms with van der Waals surface area (Å²) in [5.41, 5.74) is 8.43. The lowest BCUT2D eigenvalue weighted by molar-refractivity contribution is -0.116. The van der Waals surface area contributed by atoms with Crippen molar-refractivity contribution in [2.24, 2.45) is 5.73 Å². The van der Waals surface area contributed by atoms with E-state index in [-0.39, 0.29) is 17.1 Å². The number of thiocarbonyl (C=S) groups is 1. The van der Waals surface area contributed by atoms with Crippen molar-refractivity contribution in [2.75, 3.05) is 10.2 Å². The van der Waals surface area contributed by atoms with Crippen LogP contribution in [-0.2, 0) is 11.2 Å². The van der Waals surface area contributed by atoms with Gasteiger partial charge in [0.25, 0.3) is 0 Å². The number of carbonyl (C=O) groups excluding carboxylic acids is 1. The van der Waals surface area contributed by atoms with Gasteiger partial charge in [-0.15, -0.1) is 0 Å². The molecule has 5 heteroatoms. The normalized spacial score (nSPS) is 17.8. The first-order valence-electron chi connectivity index (χ1n) is 5.48. The van der Waals surface area contributed by atoms with E-state index in [9.17, 15) is 4.79 Å². The first-order valence-corrected chi connectivity index (χ1v) is 5.89. The Labute approximate surface area is 106 Å². The summed E-state index contributed by atoms with van der Waals surface area (Å²) >= 11 is 4.80. The minimum Gasteiger partial charge on any atom is -0.376 e. The summed E-state index contributed by atoms with van der Waals surface area (Å²) in [6, 6.07) is 6.02. The molecule has 1 atom stereocenters. The van der Waals surface area contributed by atoms with Crippen LogP contribution in [0.25, 0.3) is 0 Å². The van der Waals surface area contributed by atoms with Crippen LogP contribution in [0.5, 0.6) is 0 Å². The Morgan fingerprint density at radius 1 is 1.59 bits per heavy atom. The van der Waals surface area contributed by atoms with E-state index in [2.05, 4.69) is 5.32 Å². The predicted molar refractivity (Wildman–Crippen MR) is 73.2 cm³/mol. The van der Waals surface area contributed by atoms with Crippen LogP contribution in [0.4, 0.5) is 11.4 Å². The maximum absolute atomic E-state index is 11.6. The van der Waals surface area contributed by atoms with Crippen LogP contribution in [-0.4, -0.2) is 17.1 Å². The molecule has 0 aliphatic carbocycles. The minimum absolute atomic E-state index is 0.0753. The van der Waals surface area contributed by atoms with Crippen LogP contribution >= 0.6 is 12.2 Å². The fraction of sp³-hybridized carbons (Fsp3) is 0.333. The number of nitrogens with one attached hydrogen (secondary N) is 1. The van der Waals surface area contributed by atoms with Gasteiger partial charge in [-0.2, -0.15) is 0 Å². The van der Waals surface area contributed by atoms with Crippen LogP contribution < -0.4 is 16.0 Å². The lowest BCUT2D eigenvalue weighted by atomic mass is 10.1. The van der Waals surface area contributed by atoms with Crippen molar-refractivity contribution < 1.29 is 4.79 Å². The van der Waals surface area contributed by atoms with Crippen molar-refractivity contribution in [1.29, 1.82) is 0 Å². The number of benzene rings is 1. The number of carbonyl (C=O) groups is 1. The summed E-state index contributed by atoms with van der Waals surface area (Å²) in [5.74, 6) is 0.0753. The van der Waals surface area contributed by atoms with Gasteiger partial charge in [0.1, 0.15) is 0 Å². The summed E-state index contributed by atoms with van der Waals surface area (Å²) in [6.07, 6.45) is 0.863. The zero-order valence-corrected chi connectivity index (χ0v) is 10.7. The van der Waals surface area contributed by atoms with Gasteiger partial charge >= 0.3 is 0 Å². The summed E-state index contributed by atoms with van der Waals surface area (Å²) in [7, 11) is 0. The van der Waals surface area contributed by atoms with Crippen molar-refractivity contribution in [3.8, 4) is 0 Å². The maximum Gasteiger partial charge on any atom is 0.224 e. The lowest BCUT2D eigenvalue weighted by Gasteiger charge is -2.20. The number of nitrogens with two attached hydrogens (primary N) is 1. The van der Waals surface area contributed by atoms with E-state index in [1.165, 1.54) is 0 Å². The van der Waals surface area contributed by atoms with Crippen LogP contribution in [0.1, 0.15) is 19.4 Å². The molecule has 0 fully saturated rings. The van der Waals surface area contributed by atoms with E-state index >= 15 is 0 Å². The number of nitrogens with zero attached hydrogens (tertiary/aromatic N) is 1. The fourth-order valence-electron chi connectivity index (χ4n) is 2.33. The van der Waals surface area contributed by atoms with Crippen molar-refractivity contribution >= 4 is 34.6 Å². The molecule has 2 rings (SSSR count). The lowest BCUT2D eigenvalue weighted by Crippen LogP contribution is -2.33. The highest BCUT2D eigenvalue weighted by Crippen LogP contribution is 2.33. The Bertz CT molecular complexity index is 487. The molecule has 1 aliphatic heterocycles. The molecule has 0 aromatic heterocycles. The van der Waals surface area contributed by atoms with Gasteiger partial charge in [-0.3, -0.25) is 4.79 Å². The molecule has 0 saturated carbocycles. The Balaban J connectivity index is 2.34. The third kappa shape index (κ3) is 2.24. The first-order chi connectivity index (χ1) is 7.99. The molecule has 17 heavy (non-hydrogen) atoms. The highest BCUT2D eigenvalue weighted by Gasteiger charge is 2.28. The fourth-order valence-corrected chi connectivity index (χ4v) is 2.45. The molecule has 0 radical (unpaired) electrons. The third-order valence-electron chi connectivity index (χ3n) is 2.90. The number of rotatable bonds is 1. The smallest absolute Gasteiger partial charge is 0.224 e. The standard InChI is InChI=1S/C12H15N3OS/c1-7-5-9-6-10(14-12(13)17)3-4-11(9)15(7)8(2)16/h3-4,6-7H,5H2,1-2H3,(H3,13,14,17). The highest BCUT2D eigenvalue weighted by atomic mass is 32.1. The molecule has 0 saturated heterocycles. The van der Waals surface area contributed by atoms with E-state index < -0.39 is 0 Å². The SMILES string of the molecule is CC(=O)N1c2ccc(NC(N)=S)cc2CC1C. The van der Waals surface area contributed by atoms with Crippen LogP contribution in [0.3, 0.4) is 0 Å². The number of amides is 1. The molecule has 1 aromatic rings. The number of anilines is 2. The van der Waals surface area contributed by atoms with Crippen molar-refractivity contribution in [2.45, 2.75) is 26.3 Å². The number of hydrogen-bond donors (Lipinski definition) is 2. The van der Waals surface area contributed by atoms with Gasteiger partial charge in [-0.05, 0) is 49.3 Å². The molecular weight excluding hydrogens is 234 g/mol. The van der Waals surface area contributed by atoms with Crippen molar-refractivity contribution in [3.63, 3.8) is 0 Å². The monoisotopic (exact) mass is 249 g/mol. The molecule has 0 bridgehead atoms. The zero-order chi connectivity index (χ0) is 12.6. The van der Waals surface area contributed by atoms with E-state index in [4.69, 9.17) is 18.0 Å². The second-order valence-corrected chi connectivity index (χ2v) is 4.71. The summed E-state index contributed by atoms with van der Waals surface area (Å²) in [6.45, 7) is 3.63. The van der Waals surface area contributed by atoms with Gasteiger partial charge in [-0.25, -0.2) is 0 Å². The van der Waals surface area contributed by atoms with Gasteiger partial charge in [0.05, 0.1) is 0 Å². The Morgan fingerprint density at radius 2 is 2.29 bits per heavy atom. The van der Waals surface area contributed by atoms with E-state index in [0.717, 1.165) is 23.4 Å². The molecule has 3 N–H and O–H groups in total. The Morgan fingerprint density at radius 3 is 2.88 bits per heavy atom. The second-order valence-electron chi connectivity index (χ2n) is 4.27. The van der Waals surface area contributed by atoms with Crippen LogP contribution in [0, 0.1) is 0 Å². The number of fused-ring (bicyclic) bond motifs is 1. The largest absolute Gasteiger partial charge is 0.376 e. The maximum atomic E-state index is 11.6. The molecule has 0 spiro atoms. The van der Waals surface area contributed by atoms with Crippen molar-refractivity contribution in [3.05, 3.63) is 23.8 Å². The third-order valence-corrected chi connectivity index (χ3v) is 3.00. The highest BCUT2D eigenvalue weighted by molar-refractivity contribution is 7.80. The average Bonchev–Trinajstić information content (AvgIpc) is 2.51. The van der Waals surface area contributed by atoms with E-state index in [1.54, 1.807) is 6.92 Å². The molecule has 4 nitrogen and oxygen atoms in total. The van der Waals surface area contributed by atoms with Gasteiger partial charge in [0.15, 0.2) is 5.11 Å². The Hall–Kier alpha value is -1.62. The minimum atomic E-state index is 0.0753. The molecular formula is C12H15N3OS. The Kier molecular flexibility index (Phi) is 3.02. The van der Waals surface area contributed by atoms with Gasteiger partial charge in [0.2, 0.25) is 5.91 Å². The summed E-state index contributed by atoms with van der Waals surface area (Å²) in [4.78, 5) is 13.4. The molecule has 1 amide bonds. The van der Waals surface area contributed by atoms with Crippen molar-refractivity contribution in [1.82, 2.24) is 0 Å². The molecule has 90 valence electrons. The molecule has 1 aliphatic rings. The summed E-state index contributed by atoms with van der Waals surface area (Å²) in [5, 5.41) is 3.15. The molecule has 1 heterocycles. The van der Waals surface area contributed by atoms with E-state index in [1.807, 2.05) is 30.0 Å². The van der Waals surface area contributed by atoms with Gasteiger partial charge < -0.3 is 16.0 Å². The zero-order valence-electron chi connectivity index (χ0n) is 9.86. The van der Waals surface area contributed by atoms with Crippen LogP contribution in [0.2, 0.25) is 0 Å². The predicted octanol–water partition coefficient (Wildman–Crippen LogP) is 1.64. The van der Waals surface area contributed by atoms with Crippen LogP contribution in [0.15, 0.2) is 18.2 Å². The summed E-state index contributed by atoms with van der Waals surface area (Å²) < 4.78 is 0. The van der Waals surface area contributed by atoms with E-state index in [0.29, 0.717) is 0 Å². The quantitative estimate of drug-likeness (QED) is 0.743. The molecule has 1 aromatic carbocycles. The van der Waals surface area contributed by atoms with Gasteiger partial charge in [0, 0.05) is 24.3 Å². The first kappa shape index (κ1) is 11.9. The molecule has 1 unspecified atom stereocenters. The number of hydrogen-bond acceptors (Lipinski definition) is 2. The average molecular weight is 249 g/mol.